The van der Waals surface area contributed by atoms with Crippen LogP contribution in [-0.2, 0) is 0 Å². The number of benzene rings is 1. The average Bonchev–Trinajstić information content (AvgIpc) is 3.04. The lowest BCUT2D eigenvalue weighted by Gasteiger charge is -2.48. The van der Waals surface area contributed by atoms with E-state index in [1.165, 1.54) is 57.8 Å². The van der Waals surface area contributed by atoms with Crippen LogP contribution in [0.15, 0.2) is 52.2 Å². The van der Waals surface area contributed by atoms with Crippen LogP contribution in [0.25, 0.3) is 22.3 Å². The molecule has 2 aliphatic heterocycles. The van der Waals surface area contributed by atoms with E-state index in [2.05, 4.69) is 14.9 Å². The zero-order chi connectivity index (χ0) is 24.2. The Labute approximate surface area is 211 Å². The van der Waals surface area contributed by atoms with Gasteiger partial charge in [0.05, 0.1) is 16.6 Å². The number of H-pyrrole nitrogens is 1. The van der Waals surface area contributed by atoms with Gasteiger partial charge in [-0.1, -0.05) is 37.8 Å². The van der Waals surface area contributed by atoms with Crippen LogP contribution in [0.1, 0.15) is 76.7 Å². The molecule has 0 radical (unpaired) electrons. The molecule has 4 unspecified atom stereocenters. The van der Waals surface area contributed by atoms with Crippen molar-refractivity contribution in [3.8, 4) is 11.3 Å². The van der Waals surface area contributed by atoms with E-state index in [9.17, 15) is 9.59 Å². The molecule has 1 N–H and O–H groups in total. The summed E-state index contributed by atoms with van der Waals surface area (Å²) < 4.78 is 1.99. The van der Waals surface area contributed by atoms with Crippen molar-refractivity contribution in [1.82, 2.24) is 19.4 Å². The van der Waals surface area contributed by atoms with Gasteiger partial charge in [-0.2, -0.15) is 0 Å². The fourth-order valence-corrected chi connectivity index (χ4v) is 8.40. The summed E-state index contributed by atoms with van der Waals surface area (Å²) in [5.74, 6) is 1.85. The molecule has 4 heterocycles. The number of hydrogen-bond donors (Lipinski definition) is 1. The van der Waals surface area contributed by atoms with Crippen molar-refractivity contribution in [3.05, 3.63) is 63.3 Å². The average molecular weight is 485 g/mol. The van der Waals surface area contributed by atoms with E-state index in [4.69, 9.17) is 0 Å². The quantitative estimate of drug-likeness (QED) is 0.549. The van der Waals surface area contributed by atoms with Gasteiger partial charge in [-0.3, -0.25) is 14.5 Å². The Morgan fingerprint density at radius 2 is 1.47 bits per heavy atom. The highest BCUT2D eigenvalue weighted by Crippen LogP contribution is 2.48. The number of aromatic amines is 1. The normalized spacial score (nSPS) is 32.4. The number of piperidine rings is 1. The first-order valence-electron chi connectivity index (χ1n) is 14.1. The lowest BCUT2D eigenvalue weighted by atomic mass is 9.76. The highest BCUT2D eigenvalue weighted by Gasteiger charge is 2.47. The molecule has 36 heavy (non-hydrogen) atoms. The number of rotatable bonds is 3. The third kappa shape index (κ3) is 3.76. The van der Waals surface area contributed by atoms with Crippen LogP contribution in [0.4, 0.5) is 0 Å². The maximum absolute atomic E-state index is 14.0. The summed E-state index contributed by atoms with van der Waals surface area (Å²) in [5, 5.41) is 0. The molecule has 2 saturated heterocycles. The predicted molar refractivity (Wildman–Crippen MR) is 142 cm³/mol. The summed E-state index contributed by atoms with van der Waals surface area (Å²) in [7, 11) is 0. The van der Waals surface area contributed by atoms with Gasteiger partial charge >= 0.3 is 0 Å². The van der Waals surface area contributed by atoms with E-state index in [-0.39, 0.29) is 22.9 Å². The molecule has 7 rings (SSSR count). The summed E-state index contributed by atoms with van der Waals surface area (Å²) in [4.78, 5) is 36.8. The number of nitrogens with zero attached hydrogens (tertiary/aromatic N) is 3. The Hall–Kier alpha value is -2.73. The van der Waals surface area contributed by atoms with Gasteiger partial charge in [0, 0.05) is 30.4 Å². The molecule has 2 aliphatic carbocycles. The SMILES string of the molecule is O=c1[nH]cccc1-c1nc2ccccc2n(C2CC3CCC(C2)N3C2CC3CCCCC(C3)C2)c1=O. The lowest BCUT2D eigenvalue weighted by Crippen LogP contribution is -2.52. The fraction of sp³-hybridized carbons (Fsp3) is 0.567. The third-order valence-electron chi connectivity index (χ3n) is 9.77. The first-order valence-corrected chi connectivity index (χ1v) is 14.1. The second-order valence-electron chi connectivity index (χ2n) is 11.9. The molecule has 2 saturated carbocycles. The molecule has 3 aromatic rings. The Morgan fingerprint density at radius 1 is 0.750 bits per heavy atom. The zero-order valence-electron chi connectivity index (χ0n) is 20.9. The largest absolute Gasteiger partial charge is 0.329 e. The van der Waals surface area contributed by atoms with Crippen molar-refractivity contribution >= 4 is 11.0 Å². The van der Waals surface area contributed by atoms with E-state index in [1.54, 1.807) is 18.3 Å². The van der Waals surface area contributed by atoms with Gasteiger partial charge in [0.25, 0.3) is 11.1 Å². The van der Waals surface area contributed by atoms with E-state index in [0.29, 0.717) is 17.6 Å². The zero-order valence-corrected chi connectivity index (χ0v) is 20.9. The van der Waals surface area contributed by atoms with Gasteiger partial charge in [-0.05, 0) is 81.0 Å². The van der Waals surface area contributed by atoms with Crippen LogP contribution in [0.2, 0.25) is 0 Å². The molecule has 0 amide bonds. The van der Waals surface area contributed by atoms with Crippen molar-refractivity contribution < 1.29 is 0 Å². The van der Waals surface area contributed by atoms with Gasteiger partial charge in [0.1, 0.15) is 5.69 Å². The number of nitrogens with one attached hydrogen (secondary N) is 1. The maximum atomic E-state index is 14.0. The molecule has 188 valence electrons. The molecule has 4 atom stereocenters. The van der Waals surface area contributed by atoms with Crippen LogP contribution in [0.5, 0.6) is 0 Å². The van der Waals surface area contributed by atoms with E-state index < -0.39 is 0 Å². The predicted octanol–water partition coefficient (Wildman–Crippen LogP) is 5.28. The van der Waals surface area contributed by atoms with Gasteiger partial charge in [0.15, 0.2) is 0 Å². The molecular formula is C30H36N4O2. The fourth-order valence-electron chi connectivity index (χ4n) is 8.40. The standard InChI is InChI=1S/C30H36N4O2/c35-29-25(8-5-13-31-29)28-30(36)34(27-10-4-3-9-26(27)32-28)24-17-21-11-12-22(18-24)33(21)23-15-19-6-1-2-7-20(14-19)16-23/h3-5,8-10,13,19-24H,1-2,6-7,11-12,14-18H2,(H,31,35). The molecule has 4 aliphatic rings. The van der Waals surface area contributed by atoms with Crippen LogP contribution < -0.4 is 11.1 Å². The summed E-state index contributed by atoms with van der Waals surface area (Å²) >= 11 is 0. The summed E-state index contributed by atoms with van der Waals surface area (Å²) in [6.07, 6.45) is 16.1. The number of fused-ring (bicyclic) bond motifs is 5. The molecule has 0 spiro atoms. The molecule has 4 fully saturated rings. The highest BCUT2D eigenvalue weighted by atomic mass is 16.1. The van der Waals surface area contributed by atoms with Crippen molar-refractivity contribution in [3.63, 3.8) is 0 Å². The second kappa shape index (κ2) is 8.98. The molecule has 1 aromatic carbocycles. The molecule has 6 heteroatoms. The van der Waals surface area contributed by atoms with Gasteiger partial charge in [-0.15, -0.1) is 0 Å². The van der Waals surface area contributed by atoms with Crippen LogP contribution in [0, 0.1) is 11.8 Å². The van der Waals surface area contributed by atoms with Crippen LogP contribution >= 0.6 is 0 Å². The summed E-state index contributed by atoms with van der Waals surface area (Å²) in [6.45, 7) is 0. The minimum Gasteiger partial charge on any atom is -0.329 e. The van der Waals surface area contributed by atoms with Crippen molar-refractivity contribution in [2.45, 2.75) is 94.8 Å². The van der Waals surface area contributed by atoms with Crippen molar-refractivity contribution in [1.29, 1.82) is 0 Å². The number of pyridine rings is 1. The van der Waals surface area contributed by atoms with Crippen LogP contribution in [0.3, 0.4) is 0 Å². The molecule has 4 bridgehead atoms. The molecule has 2 aromatic heterocycles. The first-order chi connectivity index (χ1) is 17.7. The summed E-state index contributed by atoms with van der Waals surface area (Å²) in [5.41, 5.74) is 1.89. The minimum atomic E-state index is -0.266. The topological polar surface area (TPSA) is 71.0 Å². The number of aromatic nitrogens is 3. The highest BCUT2D eigenvalue weighted by molar-refractivity contribution is 5.77. The number of hydrogen-bond acceptors (Lipinski definition) is 4. The lowest BCUT2D eigenvalue weighted by molar-refractivity contribution is 0.0204. The monoisotopic (exact) mass is 484 g/mol. The summed E-state index contributed by atoms with van der Waals surface area (Å²) in [6, 6.07) is 13.4. The Morgan fingerprint density at radius 3 is 2.19 bits per heavy atom. The molecule has 6 nitrogen and oxygen atoms in total. The van der Waals surface area contributed by atoms with E-state index >= 15 is 0 Å². The Bertz CT molecular complexity index is 1370. The number of para-hydroxylation sites is 2. The van der Waals surface area contributed by atoms with E-state index in [0.717, 1.165) is 41.8 Å². The first kappa shape index (κ1) is 22.5. The van der Waals surface area contributed by atoms with Gasteiger partial charge < -0.3 is 9.55 Å². The Balaban J connectivity index is 1.25. The van der Waals surface area contributed by atoms with Gasteiger partial charge in [0.2, 0.25) is 0 Å². The van der Waals surface area contributed by atoms with Crippen molar-refractivity contribution in [2.24, 2.45) is 11.8 Å². The van der Waals surface area contributed by atoms with Gasteiger partial charge in [-0.25, -0.2) is 4.98 Å². The smallest absolute Gasteiger partial charge is 0.278 e. The second-order valence-corrected chi connectivity index (χ2v) is 11.9. The van der Waals surface area contributed by atoms with E-state index in [1.807, 2.05) is 28.8 Å². The maximum Gasteiger partial charge on any atom is 0.278 e. The third-order valence-corrected chi connectivity index (χ3v) is 9.77. The van der Waals surface area contributed by atoms with Crippen molar-refractivity contribution in [2.75, 3.05) is 0 Å². The van der Waals surface area contributed by atoms with Crippen LogP contribution in [-0.4, -0.2) is 37.6 Å². The Kier molecular flexibility index (Phi) is 5.61. The molecular weight excluding hydrogens is 448 g/mol. The minimum absolute atomic E-state index is 0.132.